The number of hydrogen-bond donors (Lipinski definition) is 2. The average molecular weight is 309 g/mol. The Bertz CT molecular complexity index is 721. The lowest BCUT2D eigenvalue weighted by Crippen LogP contribution is -2.18. The van der Waals surface area contributed by atoms with Crippen LogP contribution in [0, 0.1) is 0 Å². The van der Waals surface area contributed by atoms with E-state index in [1.54, 1.807) is 0 Å². The summed E-state index contributed by atoms with van der Waals surface area (Å²) in [6.45, 7) is 0. The Morgan fingerprint density at radius 1 is 1.16 bits per heavy atom. The standard InChI is InChI=1S/C13H9ClN2OS2/c14-11-9-3-1-2-4-10(9)19-12(11)16-13(17)15-8-5-6-18-7-8/h1-7H,(H2,15,16,17). The second-order valence-electron chi connectivity index (χ2n) is 3.83. The van der Waals surface area contributed by atoms with Gasteiger partial charge in [0.25, 0.3) is 0 Å². The molecule has 3 rings (SSSR count). The van der Waals surface area contributed by atoms with Crippen LogP contribution in [0.3, 0.4) is 0 Å². The first kappa shape index (κ1) is 12.5. The van der Waals surface area contributed by atoms with Gasteiger partial charge in [-0.2, -0.15) is 11.3 Å². The molecule has 0 aliphatic rings. The fourth-order valence-corrected chi connectivity index (χ4v) is 3.66. The van der Waals surface area contributed by atoms with Crippen LogP contribution < -0.4 is 10.6 Å². The SMILES string of the molecule is O=C(Nc1ccsc1)Nc1sc2ccccc2c1Cl. The zero-order chi connectivity index (χ0) is 13.2. The minimum atomic E-state index is -0.285. The van der Waals surface area contributed by atoms with Crippen molar-refractivity contribution in [3.05, 3.63) is 46.1 Å². The van der Waals surface area contributed by atoms with Crippen LogP contribution in [0.15, 0.2) is 41.1 Å². The number of carbonyl (C=O) groups excluding carboxylic acids is 1. The maximum absolute atomic E-state index is 11.8. The highest BCUT2D eigenvalue weighted by Crippen LogP contribution is 2.39. The number of halogens is 1. The molecule has 0 aliphatic heterocycles. The van der Waals surface area contributed by atoms with Crippen molar-refractivity contribution >= 4 is 61.1 Å². The quantitative estimate of drug-likeness (QED) is 0.666. The van der Waals surface area contributed by atoms with E-state index >= 15 is 0 Å². The summed E-state index contributed by atoms with van der Waals surface area (Å²) in [7, 11) is 0. The molecule has 2 N–H and O–H groups in total. The molecule has 2 heterocycles. The van der Waals surface area contributed by atoms with Gasteiger partial charge in [0, 0.05) is 15.5 Å². The average Bonchev–Trinajstić information content (AvgIpc) is 3.00. The van der Waals surface area contributed by atoms with Crippen LogP contribution in [-0.2, 0) is 0 Å². The van der Waals surface area contributed by atoms with Crippen LogP contribution in [0.1, 0.15) is 0 Å². The summed E-state index contributed by atoms with van der Waals surface area (Å²) in [5.41, 5.74) is 0.778. The summed E-state index contributed by atoms with van der Waals surface area (Å²) in [4.78, 5) is 11.8. The molecule has 0 spiro atoms. The molecule has 0 atom stereocenters. The number of rotatable bonds is 2. The number of thiophene rings is 2. The third-order valence-electron chi connectivity index (χ3n) is 2.54. The molecule has 0 aliphatic carbocycles. The van der Waals surface area contributed by atoms with Crippen LogP contribution in [0.2, 0.25) is 5.02 Å². The lowest BCUT2D eigenvalue weighted by atomic mass is 10.3. The van der Waals surface area contributed by atoms with E-state index in [1.807, 2.05) is 41.1 Å². The molecule has 0 saturated heterocycles. The van der Waals surface area contributed by atoms with E-state index in [0.717, 1.165) is 15.8 Å². The number of nitrogens with one attached hydrogen (secondary N) is 2. The van der Waals surface area contributed by atoms with Gasteiger partial charge in [0.1, 0.15) is 5.00 Å². The number of hydrogen-bond acceptors (Lipinski definition) is 3. The Morgan fingerprint density at radius 2 is 2.00 bits per heavy atom. The normalized spacial score (nSPS) is 10.6. The van der Waals surface area contributed by atoms with Gasteiger partial charge in [-0.3, -0.25) is 5.32 Å². The highest BCUT2D eigenvalue weighted by Gasteiger charge is 2.12. The number of urea groups is 1. The van der Waals surface area contributed by atoms with Gasteiger partial charge in [0.2, 0.25) is 0 Å². The third kappa shape index (κ3) is 2.58. The van der Waals surface area contributed by atoms with E-state index in [1.165, 1.54) is 22.7 Å². The molecule has 0 fully saturated rings. The number of anilines is 2. The fraction of sp³-hybridized carbons (Fsp3) is 0. The van der Waals surface area contributed by atoms with Crippen molar-refractivity contribution in [2.24, 2.45) is 0 Å². The van der Waals surface area contributed by atoms with Crippen molar-refractivity contribution in [1.82, 2.24) is 0 Å². The molecule has 19 heavy (non-hydrogen) atoms. The predicted octanol–water partition coefficient (Wildman–Crippen LogP) is 5.26. The lowest BCUT2D eigenvalue weighted by molar-refractivity contribution is 0.262. The number of fused-ring (bicyclic) bond motifs is 1. The maximum atomic E-state index is 11.8. The molecule has 1 aromatic carbocycles. The van der Waals surface area contributed by atoms with Crippen molar-refractivity contribution in [3.63, 3.8) is 0 Å². The van der Waals surface area contributed by atoms with Crippen molar-refractivity contribution in [3.8, 4) is 0 Å². The van der Waals surface area contributed by atoms with Crippen molar-refractivity contribution in [2.45, 2.75) is 0 Å². The van der Waals surface area contributed by atoms with Crippen LogP contribution in [-0.4, -0.2) is 6.03 Å². The summed E-state index contributed by atoms with van der Waals surface area (Å²) >= 11 is 9.25. The molecule has 96 valence electrons. The summed E-state index contributed by atoms with van der Waals surface area (Å²) < 4.78 is 1.05. The van der Waals surface area contributed by atoms with Crippen LogP contribution >= 0.6 is 34.3 Å². The minimum absolute atomic E-state index is 0.285. The van der Waals surface area contributed by atoms with Crippen molar-refractivity contribution < 1.29 is 4.79 Å². The molecule has 2 aromatic heterocycles. The van der Waals surface area contributed by atoms with Gasteiger partial charge in [0.15, 0.2) is 0 Å². The molecule has 0 bridgehead atoms. The van der Waals surface area contributed by atoms with E-state index in [0.29, 0.717) is 10.0 Å². The number of carbonyl (C=O) groups is 1. The Hall–Kier alpha value is -1.56. The zero-order valence-electron chi connectivity index (χ0n) is 9.64. The van der Waals surface area contributed by atoms with E-state index in [9.17, 15) is 4.79 Å². The molecule has 0 saturated carbocycles. The molecule has 3 aromatic rings. The maximum Gasteiger partial charge on any atom is 0.324 e. The van der Waals surface area contributed by atoms with Gasteiger partial charge in [-0.1, -0.05) is 29.8 Å². The first-order valence-corrected chi connectivity index (χ1v) is 7.65. The summed E-state index contributed by atoms with van der Waals surface area (Å²) in [5, 5.41) is 11.5. The Morgan fingerprint density at radius 3 is 2.74 bits per heavy atom. The first-order valence-electron chi connectivity index (χ1n) is 5.51. The van der Waals surface area contributed by atoms with Crippen LogP contribution in [0.5, 0.6) is 0 Å². The van der Waals surface area contributed by atoms with Crippen molar-refractivity contribution in [2.75, 3.05) is 10.6 Å². The Kier molecular flexibility index (Phi) is 3.42. The second-order valence-corrected chi connectivity index (χ2v) is 6.04. The summed E-state index contributed by atoms with van der Waals surface area (Å²) in [6, 6.07) is 9.35. The lowest BCUT2D eigenvalue weighted by Gasteiger charge is -2.04. The monoisotopic (exact) mass is 308 g/mol. The van der Waals surface area contributed by atoms with Gasteiger partial charge in [-0.15, -0.1) is 11.3 Å². The van der Waals surface area contributed by atoms with E-state index in [2.05, 4.69) is 10.6 Å². The molecular weight excluding hydrogens is 300 g/mol. The van der Waals surface area contributed by atoms with E-state index in [-0.39, 0.29) is 6.03 Å². The topological polar surface area (TPSA) is 41.1 Å². The molecule has 6 heteroatoms. The van der Waals surface area contributed by atoms with E-state index in [4.69, 9.17) is 11.6 Å². The first-order chi connectivity index (χ1) is 9.24. The smallest absolute Gasteiger partial charge is 0.307 e. The molecule has 0 unspecified atom stereocenters. The van der Waals surface area contributed by atoms with Gasteiger partial charge >= 0.3 is 6.03 Å². The largest absolute Gasteiger partial charge is 0.324 e. The van der Waals surface area contributed by atoms with Crippen molar-refractivity contribution in [1.29, 1.82) is 0 Å². The highest BCUT2D eigenvalue weighted by atomic mass is 35.5. The Labute approximate surface area is 122 Å². The number of amides is 2. The van der Waals surface area contributed by atoms with Gasteiger partial charge in [-0.25, -0.2) is 4.79 Å². The molecule has 2 amide bonds. The summed E-state index contributed by atoms with van der Waals surface area (Å²) in [6.07, 6.45) is 0. The summed E-state index contributed by atoms with van der Waals surface area (Å²) in [5.74, 6) is 0. The van der Waals surface area contributed by atoms with Gasteiger partial charge in [-0.05, 0) is 17.5 Å². The Balaban J connectivity index is 1.81. The van der Waals surface area contributed by atoms with Crippen LogP contribution in [0.4, 0.5) is 15.5 Å². The second kappa shape index (κ2) is 5.21. The predicted molar refractivity (Wildman–Crippen MR) is 83.8 cm³/mol. The molecular formula is C13H9ClN2OS2. The van der Waals surface area contributed by atoms with Gasteiger partial charge in [0.05, 0.1) is 10.7 Å². The molecule has 0 radical (unpaired) electrons. The zero-order valence-corrected chi connectivity index (χ0v) is 12.0. The highest BCUT2D eigenvalue weighted by molar-refractivity contribution is 7.23. The van der Waals surface area contributed by atoms with Crippen LogP contribution in [0.25, 0.3) is 10.1 Å². The van der Waals surface area contributed by atoms with Gasteiger partial charge < -0.3 is 5.32 Å². The number of benzene rings is 1. The minimum Gasteiger partial charge on any atom is -0.307 e. The molecule has 3 nitrogen and oxygen atoms in total. The third-order valence-corrected chi connectivity index (χ3v) is 4.82. The fourth-order valence-electron chi connectivity index (χ4n) is 1.70. The van der Waals surface area contributed by atoms with E-state index < -0.39 is 0 Å².